The fourth-order valence-corrected chi connectivity index (χ4v) is 3.07. The third-order valence-corrected chi connectivity index (χ3v) is 4.61. The molecule has 0 aromatic carbocycles. The zero-order valence-corrected chi connectivity index (χ0v) is 12.7. The Morgan fingerprint density at radius 3 is 2.79 bits per heavy atom. The third kappa shape index (κ3) is 4.07. The Morgan fingerprint density at radius 1 is 1.42 bits per heavy atom. The van der Waals surface area contributed by atoms with Crippen LogP contribution in [0.4, 0.5) is 0 Å². The summed E-state index contributed by atoms with van der Waals surface area (Å²) in [6.07, 6.45) is 11.1. The van der Waals surface area contributed by atoms with E-state index in [-0.39, 0.29) is 0 Å². The molecule has 0 aliphatic heterocycles. The SMILES string of the molecule is CCC(C)CC(Cc1ccn(C2CCCC2)n1)NC. The highest BCUT2D eigenvalue weighted by Crippen LogP contribution is 2.28. The number of nitrogens with zero attached hydrogens (tertiary/aromatic N) is 2. The summed E-state index contributed by atoms with van der Waals surface area (Å²) in [5, 5.41) is 8.24. The molecule has 2 atom stereocenters. The van der Waals surface area contributed by atoms with E-state index in [1.807, 2.05) is 0 Å². The molecule has 0 radical (unpaired) electrons. The summed E-state index contributed by atoms with van der Waals surface area (Å²) in [5.74, 6) is 0.786. The normalized spacial score (nSPS) is 19.7. The van der Waals surface area contributed by atoms with Gasteiger partial charge in [-0.15, -0.1) is 0 Å². The third-order valence-electron chi connectivity index (χ3n) is 4.61. The van der Waals surface area contributed by atoms with Crippen molar-refractivity contribution in [3.05, 3.63) is 18.0 Å². The Balaban J connectivity index is 1.90. The topological polar surface area (TPSA) is 29.9 Å². The molecule has 1 saturated carbocycles. The molecule has 1 aromatic rings. The lowest BCUT2D eigenvalue weighted by molar-refractivity contribution is 0.403. The fourth-order valence-electron chi connectivity index (χ4n) is 3.07. The van der Waals surface area contributed by atoms with Crippen LogP contribution in [-0.4, -0.2) is 22.9 Å². The Bertz CT molecular complexity index is 366. The largest absolute Gasteiger partial charge is 0.317 e. The van der Waals surface area contributed by atoms with Gasteiger partial charge < -0.3 is 5.32 Å². The summed E-state index contributed by atoms with van der Waals surface area (Å²) in [7, 11) is 2.07. The van der Waals surface area contributed by atoms with Gasteiger partial charge in [-0.3, -0.25) is 4.68 Å². The Labute approximate surface area is 117 Å². The maximum absolute atomic E-state index is 4.79. The molecule has 1 aliphatic carbocycles. The van der Waals surface area contributed by atoms with E-state index in [0.717, 1.165) is 12.3 Å². The molecule has 19 heavy (non-hydrogen) atoms. The number of rotatable bonds is 7. The van der Waals surface area contributed by atoms with Crippen LogP contribution in [0.5, 0.6) is 0 Å². The zero-order chi connectivity index (χ0) is 13.7. The van der Waals surface area contributed by atoms with Crippen LogP contribution >= 0.6 is 0 Å². The van der Waals surface area contributed by atoms with Gasteiger partial charge in [0, 0.05) is 18.7 Å². The monoisotopic (exact) mass is 263 g/mol. The van der Waals surface area contributed by atoms with Gasteiger partial charge in [0.05, 0.1) is 11.7 Å². The van der Waals surface area contributed by atoms with Crippen molar-refractivity contribution < 1.29 is 0 Å². The quantitative estimate of drug-likeness (QED) is 0.815. The first-order valence-corrected chi connectivity index (χ1v) is 7.94. The second kappa shape index (κ2) is 7.09. The van der Waals surface area contributed by atoms with Gasteiger partial charge in [-0.05, 0) is 38.3 Å². The average molecular weight is 263 g/mol. The van der Waals surface area contributed by atoms with Gasteiger partial charge in [-0.1, -0.05) is 33.1 Å². The number of nitrogens with one attached hydrogen (secondary N) is 1. The molecule has 108 valence electrons. The zero-order valence-electron chi connectivity index (χ0n) is 12.7. The number of likely N-dealkylation sites (N-methyl/N-ethyl adjacent to an activating group) is 1. The minimum Gasteiger partial charge on any atom is -0.317 e. The van der Waals surface area contributed by atoms with E-state index in [2.05, 4.69) is 43.2 Å². The standard InChI is InChI=1S/C16H29N3/c1-4-13(2)11-15(17-3)12-14-9-10-19(18-14)16-7-5-6-8-16/h9-10,13,15-17H,4-8,11-12H2,1-3H3. The second-order valence-electron chi connectivity index (χ2n) is 6.16. The molecule has 0 bridgehead atoms. The van der Waals surface area contributed by atoms with E-state index < -0.39 is 0 Å². The highest BCUT2D eigenvalue weighted by molar-refractivity contribution is 5.02. The van der Waals surface area contributed by atoms with Crippen LogP contribution in [0.15, 0.2) is 12.3 Å². The first kappa shape index (κ1) is 14.6. The smallest absolute Gasteiger partial charge is 0.0640 e. The van der Waals surface area contributed by atoms with Crippen LogP contribution in [0.2, 0.25) is 0 Å². The Morgan fingerprint density at radius 2 is 2.16 bits per heavy atom. The van der Waals surface area contributed by atoms with E-state index in [1.165, 1.54) is 44.2 Å². The molecule has 1 aromatic heterocycles. The molecular formula is C16H29N3. The molecule has 0 saturated heterocycles. The van der Waals surface area contributed by atoms with E-state index in [9.17, 15) is 0 Å². The van der Waals surface area contributed by atoms with E-state index in [0.29, 0.717) is 12.1 Å². The molecule has 1 heterocycles. The summed E-state index contributed by atoms with van der Waals surface area (Å²) in [6, 6.07) is 3.43. The minimum absolute atomic E-state index is 0.557. The molecular weight excluding hydrogens is 234 g/mol. The van der Waals surface area contributed by atoms with Crippen molar-refractivity contribution in [3.63, 3.8) is 0 Å². The molecule has 1 fully saturated rings. The number of aromatic nitrogens is 2. The highest BCUT2D eigenvalue weighted by Gasteiger charge is 2.18. The van der Waals surface area contributed by atoms with Gasteiger partial charge in [0.15, 0.2) is 0 Å². The lowest BCUT2D eigenvalue weighted by Gasteiger charge is -2.18. The molecule has 0 amide bonds. The van der Waals surface area contributed by atoms with Gasteiger partial charge in [0.2, 0.25) is 0 Å². The molecule has 3 nitrogen and oxygen atoms in total. The van der Waals surface area contributed by atoms with Crippen molar-refractivity contribution in [1.29, 1.82) is 0 Å². The average Bonchev–Trinajstić information content (AvgIpc) is 3.08. The van der Waals surface area contributed by atoms with Crippen LogP contribution in [0.25, 0.3) is 0 Å². The van der Waals surface area contributed by atoms with Crippen molar-refractivity contribution >= 4 is 0 Å². The second-order valence-corrected chi connectivity index (χ2v) is 6.16. The summed E-state index contributed by atoms with van der Waals surface area (Å²) in [6.45, 7) is 4.60. The lowest BCUT2D eigenvalue weighted by atomic mass is 9.96. The molecule has 1 aliphatic rings. The van der Waals surface area contributed by atoms with Gasteiger partial charge in [-0.25, -0.2) is 0 Å². The maximum atomic E-state index is 4.79. The van der Waals surface area contributed by atoms with Crippen LogP contribution < -0.4 is 5.32 Å². The van der Waals surface area contributed by atoms with E-state index in [4.69, 9.17) is 5.10 Å². The van der Waals surface area contributed by atoms with Crippen LogP contribution in [0.3, 0.4) is 0 Å². The molecule has 1 N–H and O–H groups in total. The Kier molecular flexibility index (Phi) is 5.44. The predicted octanol–water partition coefficient (Wildman–Crippen LogP) is 3.56. The van der Waals surface area contributed by atoms with Gasteiger partial charge >= 0.3 is 0 Å². The van der Waals surface area contributed by atoms with Crippen LogP contribution in [0, 0.1) is 5.92 Å². The van der Waals surface area contributed by atoms with Gasteiger partial charge in [-0.2, -0.15) is 5.10 Å². The molecule has 2 unspecified atom stereocenters. The number of hydrogen-bond donors (Lipinski definition) is 1. The molecule has 3 heteroatoms. The van der Waals surface area contributed by atoms with Crippen molar-refractivity contribution in [2.24, 2.45) is 5.92 Å². The predicted molar refractivity (Wildman–Crippen MR) is 80.4 cm³/mol. The minimum atomic E-state index is 0.557. The van der Waals surface area contributed by atoms with Gasteiger partial charge in [0.25, 0.3) is 0 Å². The number of hydrogen-bond acceptors (Lipinski definition) is 2. The molecule has 2 rings (SSSR count). The summed E-state index contributed by atoms with van der Waals surface area (Å²) in [4.78, 5) is 0. The van der Waals surface area contributed by atoms with E-state index in [1.54, 1.807) is 0 Å². The van der Waals surface area contributed by atoms with Crippen LogP contribution in [0.1, 0.15) is 64.1 Å². The van der Waals surface area contributed by atoms with Crippen LogP contribution in [-0.2, 0) is 6.42 Å². The van der Waals surface area contributed by atoms with Gasteiger partial charge in [0.1, 0.15) is 0 Å². The summed E-state index contributed by atoms with van der Waals surface area (Å²) in [5.41, 5.74) is 1.24. The first-order chi connectivity index (χ1) is 9.22. The van der Waals surface area contributed by atoms with Crippen molar-refractivity contribution in [1.82, 2.24) is 15.1 Å². The van der Waals surface area contributed by atoms with Crippen molar-refractivity contribution in [3.8, 4) is 0 Å². The summed E-state index contributed by atoms with van der Waals surface area (Å²) >= 11 is 0. The fraction of sp³-hybridized carbons (Fsp3) is 0.812. The summed E-state index contributed by atoms with van der Waals surface area (Å²) < 4.78 is 2.21. The molecule has 0 spiro atoms. The van der Waals surface area contributed by atoms with E-state index >= 15 is 0 Å². The van der Waals surface area contributed by atoms with Crippen molar-refractivity contribution in [2.75, 3.05) is 7.05 Å². The first-order valence-electron chi connectivity index (χ1n) is 7.94. The maximum Gasteiger partial charge on any atom is 0.0640 e. The highest BCUT2D eigenvalue weighted by atomic mass is 15.3. The Hall–Kier alpha value is -0.830. The van der Waals surface area contributed by atoms with Crippen molar-refractivity contribution in [2.45, 2.75) is 70.9 Å². The lowest BCUT2D eigenvalue weighted by Crippen LogP contribution is -2.29.